The molecule has 0 aromatic rings. The number of hydrogen-bond acceptors (Lipinski definition) is 0. The van der Waals surface area contributed by atoms with Gasteiger partial charge < -0.3 is 0 Å². The van der Waals surface area contributed by atoms with Gasteiger partial charge in [0.2, 0.25) is 0 Å². The predicted molar refractivity (Wildman–Crippen MR) is 85.1 cm³/mol. The number of hydrogen-bond donors (Lipinski definition) is 0. The first-order valence-corrected chi connectivity index (χ1v) is 8.08. The van der Waals surface area contributed by atoms with E-state index < -0.39 is 0 Å². The SMILES string of the molecule is CC(C)CC(C)(I)C(C)(C)C1=C=C1CI. The maximum Gasteiger partial charge on any atom is 0.0329 e. The summed E-state index contributed by atoms with van der Waals surface area (Å²) in [7, 11) is 0. The van der Waals surface area contributed by atoms with Crippen LogP contribution in [-0.4, -0.2) is 7.85 Å². The first-order chi connectivity index (χ1) is 6.72. The monoisotopic (exact) mass is 430 g/mol. The molecule has 0 amide bonds. The summed E-state index contributed by atoms with van der Waals surface area (Å²) in [4.78, 5) is 0. The summed E-state index contributed by atoms with van der Waals surface area (Å²) in [6.45, 7) is 11.7. The van der Waals surface area contributed by atoms with Crippen LogP contribution in [0.15, 0.2) is 16.9 Å². The van der Waals surface area contributed by atoms with E-state index in [-0.39, 0.29) is 5.41 Å². The normalized spacial score (nSPS) is 19.7. The van der Waals surface area contributed by atoms with Crippen molar-refractivity contribution < 1.29 is 0 Å². The fourth-order valence-electron chi connectivity index (χ4n) is 2.04. The van der Waals surface area contributed by atoms with Crippen LogP contribution in [0.4, 0.5) is 0 Å². The molecule has 1 rings (SSSR count). The smallest absolute Gasteiger partial charge is 0.0329 e. The molecule has 1 aliphatic carbocycles. The van der Waals surface area contributed by atoms with Crippen molar-refractivity contribution in [2.75, 3.05) is 4.43 Å². The van der Waals surface area contributed by atoms with E-state index in [0.29, 0.717) is 3.42 Å². The van der Waals surface area contributed by atoms with Crippen LogP contribution >= 0.6 is 45.2 Å². The van der Waals surface area contributed by atoms with Gasteiger partial charge >= 0.3 is 0 Å². The van der Waals surface area contributed by atoms with Gasteiger partial charge in [0, 0.05) is 24.4 Å². The van der Waals surface area contributed by atoms with E-state index in [2.05, 4.69) is 85.5 Å². The molecule has 1 aliphatic rings. The van der Waals surface area contributed by atoms with Crippen molar-refractivity contribution >= 4 is 45.2 Å². The summed E-state index contributed by atoms with van der Waals surface area (Å²) in [6.07, 6.45) is 1.26. The number of rotatable bonds is 5. The minimum Gasteiger partial charge on any atom is -0.110 e. The lowest BCUT2D eigenvalue weighted by molar-refractivity contribution is 0.308. The molecule has 1 unspecified atom stereocenters. The standard InChI is InChI=1S/C13H20I2/c1-9(2)7-13(5,15)12(3,4)11-6-10(11)8-14/h9H,7-8H2,1-5H3. The first kappa shape index (κ1) is 14.0. The highest BCUT2D eigenvalue weighted by Crippen LogP contribution is 2.52. The molecule has 86 valence electrons. The molecule has 0 heterocycles. The van der Waals surface area contributed by atoms with Crippen LogP contribution in [-0.2, 0) is 0 Å². The summed E-state index contributed by atoms with van der Waals surface area (Å²) in [5, 5.41) is 0. The highest BCUT2D eigenvalue weighted by molar-refractivity contribution is 14.1. The van der Waals surface area contributed by atoms with Crippen molar-refractivity contribution in [1.29, 1.82) is 0 Å². The van der Waals surface area contributed by atoms with Gasteiger partial charge in [-0.15, -0.1) is 5.73 Å². The molecular formula is C13H20I2. The van der Waals surface area contributed by atoms with Gasteiger partial charge in [-0.25, -0.2) is 0 Å². The largest absolute Gasteiger partial charge is 0.110 e. The van der Waals surface area contributed by atoms with Crippen molar-refractivity contribution in [3.05, 3.63) is 16.9 Å². The average molecular weight is 430 g/mol. The van der Waals surface area contributed by atoms with Gasteiger partial charge in [-0.3, -0.25) is 0 Å². The van der Waals surface area contributed by atoms with Crippen molar-refractivity contribution in [2.45, 2.75) is 44.5 Å². The summed E-state index contributed by atoms with van der Waals surface area (Å²) in [5.41, 5.74) is 6.65. The molecule has 0 radical (unpaired) electrons. The Morgan fingerprint density at radius 1 is 1.27 bits per heavy atom. The van der Waals surface area contributed by atoms with E-state index in [4.69, 9.17) is 0 Å². The maximum absolute atomic E-state index is 3.46. The van der Waals surface area contributed by atoms with E-state index in [1.54, 1.807) is 0 Å². The van der Waals surface area contributed by atoms with Crippen LogP contribution in [0.5, 0.6) is 0 Å². The van der Waals surface area contributed by atoms with Crippen molar-refractivity contribution in [3.63, 3.8) is 0 Å². The fraction of sp³-hybridized carbons (Fsp3) is 0.769. The highest BCUT2D eigenvalue weighted by Gasteiger charge is 2.45. The third-order valence-electron chi connectivity index (χ3n) is 3.37. The molecular weight excluding hydrogens is 410 g/mol. The van der Waals surface area contributed by atoms with Crippen LogP contribution in [0, 0.1) is 11.3 Å². The second kappa shape index (κ2) is 4.69. The zero-order chi connectivity index (χ0) is 11.9. The number of halogens is 2. The van der Waals surface area contributed by atoms with E-state index in [9.17, 15) is 0 Å². The molecule has 0 nitrogen and oxygen atoms in total. The molecule has 0 aliphatic heterocycles. The van der Waals surface area contributed by atoms with E-state index in [1.165, 1.54) is 17.6 Å². The third kappa shape index (κ3) is 3.01. The molecule has 1 atom stereocenters. The lowest BCUT2D eigenvalue weighted by atomic mass is 9.72. The Kier molecular flexibility index (Phi) is 4.39. The van der Waals surface area contributed by atoms with Crippen molar-refractivity contribution in [1.82, 2.24) is 0 Å². The van der Waals surface area contributed by atoms with Gasteiger partial charge in [-0.1, -0.05) is 72.9 Å². The first-order valence-electron chi connectivity index (χ1n) is 5.48. The lowest BCUT2D eigenvalue weighted by Crippen LogP contribution is -2.37. The quantitative estimate of drug-likeness (QED) is 0.322. The molecule has 0 saturated carbocycles. The van der Waals surface area contributed by atoms with Crippen LogP contribution in [0.3, 0.4) is 0 Å². The summed E-state index contributed by atoms with van der Waals surface area (Å²) >= 11 is 5.06. The third-order valence-corrected chi connectivity index (χ3v) is 5.92. The van der Waals surface area contributed by atoms with E-state index in [0.717, 1.165) is 10.3 Å². The lowest BCUT2D eigenvalue weighted by Gasteiger charge is -2.40. The van der Waals surface area contributed by atoms with Crippen LogP contribution in [0.25, 0.3) is 0 Å². The minimum atomic E-state index is 0.262. The average Bonchev–Trinajstić information content (AvgIpc) is 2.79. The van der Waals surface area contributed by atoms with Gasteiger partial charge in [0.05, 0.1) is 0 Å². The maximum atomic E-state index is 3.46. The van der Waals surface area contributed by atoms with Crippen LogP contribution in [0.2, 0.25) is 0 Å². The Balaban J connectivity index is 2.73. The van der Waals surface area contributed by atoms with Crippen molar-refractivity contribution in [2.24, 2.45) is 11.3 Å². The molecule has 0 aromatic carbocycles. The molecule has 0 fully saturated rings. The fourth-order valence-corrected chi connectivity index (χ4v) is 3.76. The molecule has 0 bridgehead atoms. The molecule has 0 N–H and O–H groups in total. The Morgan fingerprint density at radius 2 is 1.80 bits per heavy atom. The topological polar surface area (TPSA) is 0 Å². The summed E-state index contributed by atoms with van der Waals surface area (Å²) < 4.78 is 1.44. The van der Waals surface area contributed by atoms with Gasteiger partial charge in [0.1, 0.15) is 0 Å². The summed E-state index contributed by atoms with van der Waals surface area (Å²) in [6, 6.07) is 0. The molecule has 0 aromatic heterocycles. The second-order valence-electron chi connectivity index (χ2n) is 5.53. The minimum absolute atomic E-state index is 0.262. The Hall–Kier alpha value is 0.980. The zero-order valence-corrected chi connectivity index (χ0v) is 14.6. The van der Waals surface area contributed by atoms with Gasteiger partial charge in [-0.2, -0.15) is 0 Å². The molecule has 0 spiro atoms. The Labute approximate surface area is 121 Å². The Bertz CT molecular complexity index is 315. The number of alkyl halides is 2. The molecule has 15 heavy (non-hydrogen) atoms. The van der Waals surface area contributed by atoms with Crippen LogP contribution < -0.4 is 0 Å². The molecule has 2 heteroatoms. The zero-order valence-electron chi connectivity index (χ0n) is 10.2. The summed E-state index contributed by atoms with van der Waals surface area (Å²) in [5.74, 6) is 0.758. The van der Waals surface area contributed by atoms with Gasteiger partial charge in [0.15, 0.2) is 0 Å². The van der Waals surface area contributed by atoms with Gasteiger partial charge in [-0.05, 0) is 19.3 Å². The van der Waals surface area contributed by atoms with Gasteiger partial charge in [0.25, 0.3) is 0 Å². The number of allylic oxidation sites excluding steroid dienone is 1. The van der Waals surface area contributed by atoms with Crippen molar-refractivity contribution in [3.8, 4) is 0 Å². The van der Waals surface area contributed by atoms with E-state index in [1.807, 2.05) is 0 Å². The predicted octanol–water partition coefficient (Wildman–Crippen LogP) is 5.15. The van der Waals surface area contributed by atoms with E-state index >= 15 is 0 Å². The second-order valence-corrected chi connectivity index (χ2v) is 8.68. The Morgan fingerprint density at radius 3 is 2.13 bits per heavy atom. The highest BCUT2D eigenvalue weighted by atomic mass is 127. The molecule has 0 saturated heterocycles. The van der Waals surface area contributed by atoms with Crippen LogP contribution in [0.1, 0.15) is 41.0 Å².